The lowest BCUT2D eigenvalue weighted by Gasteiger charge is -2.29. The van der Waals surface area contributed by atoms with Crippen LogP contribution in [0, 0.1) is 5.92 Å². The number of oxime groups is 1. The topological polar surface area (TPSA) is 147 Å². The maximum absolute atomic E-state index is 14.0. The van der Waals surface area contributed by atoms with Crippen molar-refractivity contribution in [1.82, 2.24) is 15.5 Å². The van der Waals surface area contributed by atoms with E-state index in [1.165, 1.54) is 4.90 Å². The molecule has 2 aliphatic heterocycles. The third-order valence-corrected chi connectivity index (χ3v) is 8.70. The van der Waals surface area contributed by atoms with Crippen molar-refractivity contribution >= 4 is 30.1 Å². The highest BCUT2D eigenvalue weighted by Gasteiger charge is 2.61. The predicted octanol–water partition coefficient (Wildman–Crippen LogP) is 3.52. The fourth-order valence-corrected chi connectivity index (χ4v) is 6.19. The molecule has 2 aliphatic carbocycles. The van der Waals surface area contributed by atoms with Crippen LogP contribution in [-0.2, 0) is 24.0 Å². The van der Waals surface area contributed by atoms with Gasteiger partial charge in [0, 0.05) is 12.3 Å². The fourth-order valence-electron chi connectivity index (χ4n) is 6.19. The van der Waals surface area contributed by atoms with E-state index in [9.17, 15) is 24.3 Å². The van der Waals surface area contributed by atoms with Crippen molar-refractivity contribution in [2.45, 2.75) is 100 Å². The number of fused-ring (bicyclic) bond motifs is 2. The van der Waals surface area contributed by atoms with E-state index in [2.05, 4.69) is 15.8 Å². The molecule has 1 saturated heterocycles. The molecule has 3 fully saturated rings. The molecule has 1 unspecified atom stereocenters. The van der Waals surface area contributed by atoms with Crippen LogP contribution in [0.25, 0.3) is 0 Å². The highest BCUT2D eigenvalue weighted by atomic mass is 16.6. The first-order valence-corrected chi connectivity index (χ1v) is 15.1. The zero-order valence-corrected chi connectivity index (χ0v) is 23.8. The first-order chi connectivity index (χ1) is 20.4. The molecule has 0 radical (unpaired) electrons. The number of allylic oxidation sites excluding steroid dienone is 1. The molecule has 11 nitrogen and oxygen atoms in total. The lowest BCUT2D eigenvalue weighted by Crippen LogP contribution is -2.56. The summed E-state index contributed by atoms with van der Waals surface area (Å²) in [6.45, 7) is 0.0717. The minimum Gasteiger partial charge on any atom is -0.479 e. The highest BCUT2D eigenvalue weighted by molar-refractivity contribution is 5.96. The number of hydrogen-bond donors (Lipinski definition) is 3. The normalized spacial score (nSPS) is 31.3. The first kappa shape index (κ1) is 29.6. The van der Waals surface area contributed by atoms with Crippen LogP contribution in [0.2, 0.25) is 0 Å². The Kier molecular flexibility index (Phi) is 9.44. The highest BCUT2D eigenvalue weighted by Crippen LogP contribution is 2.45. The third kappa shape index (κ3) is 7.11. The van der Waals surface area contributed by atoms with Crippen LogP contribution in [0.5, 0.6) is 0 Å². The molecule has 226 valence electrons. The number of rotatable bonds is 6. The van der Waals surface area contributed by atoms with E-state index in [4.69, 9.17) is 9.57 Å². The predicted molar refractivity (Wildman–Crippen MR) is 154 cm³/mol. The summed E-state index contributed by atoms with van der Waals surface area (Å²) in [5.41, 5.74) is -0.559. The van der Waals surface area contributed by atoms with E-state index < -0.39 is 47.6 Å². The Morgan fingerprint density at radius 1 is 1.05 bits per heavy atom. The number of carbonyl (C=O) groups excluding carboxylic acids is 3. The zero-order chi connectivity index (χ0) is 29.5. The summed E-state index contributed by atoms with van der Waals surface area (Å²) < 4.78 is 5.58. The first-order valence-electron chi connectivity index (χ1n) is 15.1. The summed E-state index contributed by atoms with van der Waals surface area (Å²) in [6, 6.07) is 7.52. The van der Waals surface area contributed by atoms with Crippen LogP contribution in [0.4, 0.5) is 4.79 Å². The monoisotopic (exact) mass is 580 g/mol. The molecule has 2 heterocycles. The van der Waals surface area contributed by atoms with Gasteiger partial charge in [-0.05, 0) is 56.9 Å². The number of nitrogens with one attached hydrogen (secondary N) is 2. The zero-order valence-electron chi connectivity index (χ0n) is 23.8. The second kappa shape index (κ2) is 13.4. The summed E-state index contributed by atoms with van der Waals surface area (Å²) in [6.07, 6.45) is 11.7. The number of carbonyl (C=O) groups is 4. The third-order valence-electron chi connectivity index (χ3n) is 8.70. The van der Waals surface area contributed by atoms with Crippen molar-refractivity contribution < 1.29 is 33.9 Å². The molecule has 0 aromatic heterocycles. The van der Waals surface area contributed by atoms with Gasteiger partial charge in [0.1, 0.15) is 29.8 Å². The van der Waals surface area contributed by atoms with Crippen molar-refractivity contribution in [3.63, 3.8) is 0 Å². The number of carboxylic acids is 1. The molecule has 2 saturated carbocycles. The van der Waals surface area contributed by atoms with Crippen LogP contribution in [-0.4, -0.2) is 76.5 Å². The van der Waals surface area contributed by atoms with Crippen LogP contribution < -0.4 is 10.6 Å². The number of aliphatic carboxylic acids is 1. The van der Waals surface area contributed by atoms with Crippen LogP contribution in [0.3, 0.4) is 0 Å². The molecule has 3 amide bonds. The van der Waals surface area contributed by atoms with Crippen molar-refractivity contribution in [2.75, 3.05) is 6.54 Å². The summed E-state index contributed by atoms with van der Waals surface area (Å²) in [4.78, 5) is 59.8. The molecule has 1 aromatic carbocycles. The van der Waals surface area contributed by atoms with Gasteiger partial charge >= 0.3 is 12.1 Å². The minimum absolute atomic E-state index is 0.0717. The molecule has 0 bridgehead atoms. The maximum atomic E-state index is 14.0. The standard InChI is InChI=1S/C31H40N4O7/c36-27-26-17-24(42-32-19-21-11-5-4-6-12-21)20-35(26)28(37)25(33-30(40)41-23-14-9-10-15-23)16-8-3-1-2-7-13-22-18-31(22,34-27)29(38)39/h4-7,11-13,19,22-26H,1-3,8-10,14-18,20H2,(H,33,40)(H,34,36)(H,38,39)/b13-7-,32-19+/t22-,24-,25+,26+,31?/m1/s1. The number of alkyl carbamates (subject to hydrolysis) is 1. The maximum Gasteiger partial charge on any atom is 0.408 e. The SMILES string of the molecule is O=C(N[C@H]1CCCCC/C=C\[C@@H]2CC2(C(=O)O)NC(=O)[C@@H]2C[C@@H](O/N=C/c3ccccc3)CN2C1=O)OC1CCCC1. The second-order valence-electron chi connectivity index (χ2n) is 11.8. The lowest BCUT2D eigenvalue weighted by atomic mass is 10.0. The van der Waals surface area contributed by atoms with Gasteiger partial charge in [0.15, 0.2) is 0 Å². The summed E-state index contributed by atoms with van der Waals surface area (Å²) in [7, 11) is 0. The Morgan fingerprint density at radius 3 is 2.57 bits per heavy atom. The average Bonchev–Trinajstić information content (AvgIpc) is 3.27. The van der Waals surface area contributed by atoms with E-state index in [1.54, 1.807) is 6.21 Å². The van der Waals surface area contributed by atoms with E-state index in [1.807, 2.05) is 42.5 Å². The number of carboxylic acid groups (broad SMARTS) is 1. The van der Waals surface area contributed by atoms with E-state index in [0.29, 0.717) is 19.3 Å². The summed E-state index contributed by atoms with van der Waals surface area (Å²) >= 11 is 0. The molecular formula is C31H40N4O7. The molecule has 5 rings (SSSR count). The Morgan fingerprint density at radius 2 is 1.81 bits per heavy atom. The van der Waals surface area contributed by atoms with Gasteiger partial charge in [0.25, 0.3) is 0 Å². The van der Waals surface area contributed by atoms with Gasteiger partial charge in [-0.3, -0.25) is 9.59 Å². The van der Waals surface area contributed by atoms with Gasteiger partial charge < -0.3 is 30.2 Å². The Hall–Kier alpha value is -3.89. The second-order valence-corrected chi connectivity index (χ2v) is 11.8. The van der Waals surface area contributed by atoms with Crippen molar-refractivity contribution in [3.05, 3.63) is 48.0 Å². The van der Waals surface area contributed by atoms with Crippen molar-refractivity contribution in [1.29, 1.82) is 0 Å². The minimum atomic E-state index is -1.39. The van der Waals surface area contributed by atoms with Crippen molar-refractivity contribution in [2.24, 2.45) is 11.1 Å². The van der Waals surface area contributed by atoms with E-state index in [0.717, 1.165) is 50.5 Å². The van der Waals surface area contributed by atoms with Gasteiger partial charge in [-0.15, -0.1) is 0 Å². The molecule has 5 atom stereocenters. The van der Waals surface area contributed by atoms with Gasteiger partial charge in [-0.25, -0.2) is 9.59 Å². The average molecular weight is 581 g/mol. The largest absolute Gasteiger partial charge is 0.479 e. The van der Waals surface area contributed by atoms with Gasteiger partial charge in [-0.2, -0.15) is 0 Å². The van der Waals surface area contributed by atoms with E-state index in [-0.39, 0.29) is 25.0 Å². The molecule has 42 heavy (non-hydrogen) atoms. The Balaban J connectivity index is 1.35. The molecule has 0 spiro atoms. The van der Waals surface area contributed by atoms with Crippen LogP contribution >= 0.6 is 0 Å². The van der Waals surface area contributed by atoms with Crippen molar-refractivity contribution in [3.8, 4) is 0 Å². The van der Waals surface area contributed by atoms with E-state index >= 15 is 0 Å². The molecule has 11 heteroatoms. The Labute approximate surface area is 245 Å². The molecule has 3 N–H and O–H groups in total. The smallest absolute Gasteiger partial charge is 0.408 e. The van der Waals surface area contributed by atoms with Crippen LogP contribution in [0.15, 0.2) is 47.6 Å². The van der Waals surface area contributed by atoms with Crippen LogP contribution in [0.1, 0.15) is 76.2 Å². The number of amides is 3. The summed E-state index contributed by atoms with van der Waals surface area (Å²) in [5, 5.41) is 19.6. The summed E-state index contributed by atoms with van der Waals surface area (Å²) in [5.74, 6) is -2.37. The molecular weight excluding hydrogens is 540 g/mol. The van der Waals surface area contributed by atoms with Gasteiger partial charge in [0.05, 0.1) is 12.8 Å². The Bertz CT molecular complexity index is 1200. The number of ether oxygens (including phenoxy) is 1. The molecule has 4 aliphatic rings. The molecule has 1 aromatic rings. The van der Waals surface area contributed by atoms with Gasteiger partial charge in [0.2, 0.25) is 11.8 Å². The van der Waals surface area contributed by atoms with Gasteiger partial charge in [-0.1, -0.05) is 60.5 Å². The number of nitrogens with zero attached hydrogens (tertiary/aromatic N) is 2. The lowest BCUT2D eigenvalue weighted by molar-refractivity contribution is -0.145. The number of hydrogen-bond acceptors (Lipinski definition) is 7. The fraction of sp³-hybridized carbons (Fsp3) is 0.581. The number of benzene rings is 1. The quantitative estimate of drug-likeness (QED) is 0.265.